The largest absolute Gasteiger partial charge is 0.359 e. The molecule has 2 fully saturated rings. The molecule has 3 heterocycles. The van der Waals surface area contributed by atoms with E-state index in [-0.39, 0.29) is 35.4 Å². The summed E-state index contributed by atoms with van der Waals surface area (Å²) in [6.45, 7) is 1.60. The van der Waals surface area contributed by atoms with Gasteiger partial charge in [-0.25, -0.2) is 19.0 Å². The lowest BCUT2D eigenvalue weighted by Crippen LogP contribution is -2.54. The van der Waals surface area contributed by atoms with Crippen LogP contribution >= 0.6 is 11.6 Å². The van der Waals surface area contributed by atoms with E-state index >= 15 is 0 Å². The van der Waals surface area contributed by atoms with Crippen LogP contribution in [0.4, 0.5) is 15.0 Å². The highest BCUT2D eigenvalue weighted by Gasteiger charge is 2.39. The van der Waals surface area contributed by atoms with Crippen LogP contribution in [0.3, 0.4) is 0 Å². The lowest BCUT2D eigenvalue weighted by atomic mass is 10.0. The number of urea groups is 1. The summed E-state index contributed by atoms with van der Waals surface area (Å²) in [6, 6.07) is 7.66. The molecule has 2 aliphatic rings. The number of carbonyl (C=O) groups is 1. The van der Waals surface area contributed by atoms with E-state index in [4.69, 9.17) is 16.1 Å². The zero-order valence-electron chi connectivity index (χ0n) is 18.3. The maximum atomic E-state index is 13.6. The van der Waals surface area contributed by atoms with Gasteiger partial charge in [-0.05, 0) is 49.9 Å². The van der Waals surface area contributed by atoms with Crippen molar-refractivity contribution in [3.8, 4) is 11.3 Å². The fourth-order valence-corrected chi connectivity index (χ4v) is 4.64. The molecule has 3 aromatic rings. The van der Waals surface area contributed by atoms with Gasteiger partial charge in [-0.15, -0.1) is 0 Å². The molecule has 0 radical (unpaired) electrons. The maximum Gasteiger partial charge on any atom is 0.346 e. The average molecular weight is 487 g/mol. The van der Waals surface area contributed by atoms with E-state index in [2.05, 4.69) is 25.3 Å². The standard InChI is InChI=1S/C23H24ClFN6O3/c24-15-8-14(9-16(25)10-15)20-11-19(34-29-20)12-27-23(33)31(17-3-4-17)18-2-1-7-30(13-18)21-5-6-26-22(32)28-21/h5-6,8-11,17-18H,1-4,7,12-13H2,(H,27,33)(H,26,28,32)/t18-/m1/s1. The Hall–Kier alpha value is -3.40. The van der Waals surface area contributed by atoms with Crippen molar-refractivity contribution < 1.29 is 13.7 Å². The van der Waals surface area contributed by atoms with Crippen molar-refractivity contribution >= 4 is 23.4 Å². The molecule has 0 spiro atoms. The first-order chi connectivity index (χ1) is 16.5. The predicted octanol–water partition coefficient (Wildman–Crippen LogP) is 3.56. The smallest absolute Gasteiger partial charge is 0.346 e. The maximum absolute atomic E-state index is 13.6. The zero-order chi connectivity index (χ0) is 23.7. The molecule has 2 amide bonds. The second kappa shape index (κ2) is 9.46. The number of anilines is 1. The molecule has 34 heavy (non-hydrogen) atoms. The third kappa shape index (κ3) is 5.06. The van der Waals surface area contributed by atoms with Gasteiger partial charge in [-0.3, -0.25) is 4.98 Å². The monoisotopic (exact) mass is 486 g/mol. The van der Waals surface area contributed by atoms with Gasteiger partial charge in [0.05, 0.1) is 12.6 Å². The minimum absolute atomic E-state index is 0.0256. The highest BCUT2D eigenvalue weighted by atomic mass is 35.5. The molecule has 0 bridgehead atoms. The van der Waals surface area contributed by atoms with E-state index in [1.54, 1.807) is 18.2 Å². The van der Waals surface area contributed by atoms with Crippen LogP contribution in [0.25, 0.3) is 11.3 Å². The molecule has 5 rings (SSSR count). The number of nitrogens with zero attached hydrogens (tertiary/aromatic N) is 4. The topological polar surface area (TPSA) is 107 Å². The van der Waals surface area contributed by atoms with E-state index < -0.39 is 5.82 Å². The van der Waals surface area contributed by atoms with E-state index in [9.17, 15) is 14.0 Å². The van der Waals surface area contributed by atoms with Crippen LogP contribution in [0.15, 0.2) is 45.8 Å². The quantitative estimate of drug-likeness (QED) is 0.551. The Morgan fingerprint density at radius 2 is 2.12 bits per heavy atom. The lowest BCUT2D eigenvalue weighted by molar-refractivity contribution is 0.159. The van der Waals surface area contributed by atoms with E-state index in [1.807, 2.05) is 4.90 Å². The molecule has 0 unspecified atom stereocenters. The highest BCUT2D eigenvalue weighted by Crippen LogP contribution is 2.32. The Kier molecular flexibility index (Phi) is 6.23. The van der Waals surface area contributed by atoms with Crippen molar-refractivity contribution in [1.29, 1.82) is 0 Å². The molecule has 2 N–H and O–H groups in total. The van der Waals surface area contributed by atoms with Gasteiger partial charge in [0, 0.05) is 42.0 Å². The number of amides is 2. The molecule has 1 aliphatic carbocycles. The van der Waals surface area contributed by atoms with Gasteiger partial charge in [-0.1, -0.05) is 16.8 Å². The zero-order valence-corrected chi connectivity index (χ0v) is 19.1. The Balaban J connectivity index is 1.24. The van der Waals surface area contributed by atoms with Gasteiger partial charge in [0.1, 0.15) is 17.3 Å². The first-order valence-electron chi connectivity index (χ1n) is 11.2. The summed E-state index contributed by atoms with van der Waals surface area (Å²) in [7, 11) is 0. The molecular weight excluding hydrogens is 463 g/mol. The average Bonchev–Trinajstić information content (AvgIpc) is 3.52. The van der Waals surface area contributed by atoms with Crippen LogP contribution in [-0.2, 0) is 6.54 Å². The van der Waals surface area contributed by atoms with Gasteiger partial charge in [0.15, 0.2) is 5.76 Å². The van der Waals surface area contributed by atoms with Crippen molar-refractivity contribution in [1.82, 2.24) is 25.3 Å². The van der Waals surface area contributed by atoms with Crippen LogP contribution in [0.2, 0.25) is 5.02 Å². The van der Waals surface area contributed by atoms with Crippen LogP contribution in [0.1, 0.15) is 31.4 Å². The molecule has 1 aliphatic heterocycles. The van der Waals surface area contributed by atoms with Crippen molar-refractivity contribution in [2.75, 3.05) is 18.0 Å². The summed E-state index contributed by atoms with van der Waals surface area (Å²) in [5.74, 6) is 0.712. The first-order valence-corrected chi connectivity index (χ1v) is 11.6. The molecule has 178 valence electrons. The van der Waals surface area contributed by atoms with Gasteiger partial charge < -0.3 is 19.6 Å². The second-order valence-electron chi connectivity index (χ2n) is 8.64. The van der Waals surface area contributed by atoms with E-state index in [0.29, 0.717) is 29.4 Å². The summed E-state index contributed by atoms with van der Waals surface area (Å²) in [5, 5.41) is 7.18. The number of rotatable bonds is 6. The van der Waals surface area contributed by atoms with Crippen LogP contribution in [0, 0.1) is 5.82 Å². The number of carbonyl (C=O) groups excluding carboxylic acids is 1. The Labute approximate surface area is 199 Å². The Morgan fingerprint density at radius 1 is 1.26 bits per heavy atom. The van der Waals surface area contributed by atoms with Crippen LogP contribution in [-0.4, -0.2) is 51.2 Å². The third-order valence-corrected chi connectivity index (χ3v) is 6.31. The molecule has 11 heteroatoms. The number of benzene rings is 1. The van der Waals surface area contributed by atoms with Gasteiger partial charge in [0.2, 0.25) is 0 Å². The molecule has 1 saturated heterocycles. The van der Waals surface area contributed by atoms with Crippen molar-refractivity contribution in [3.05, 3.63) is 63.6 Å². The summed E-state index contributed by atoms with van der Waals surface area (Å²) in [6.07, 6.45) is 5.24. The normalized spacial score (nSPS) is 18.1. The second-order valence-corrected chi connectivity index (χ2v) is 9.07. The summed E-state index contributed by atoms with van der Waals surface area (Å²) >= 11 is 5.93. The van der Waals surface area contributed by atoms with Crippen molar-refractivity contribution in [3.63, 3.8) is 0 Å². The number of H-pyrrole nitrogens is 1. The number of nitrogens with one attached hydrogen (secondary N) is 2. The SMILES string of the molecule is O=C(NCc1cc(-c2cc(F)cc(Cl)c2)no1)N(C1CC1)[C@@H]1CCCN(c2ccnc(=O)[nH]2)C1. The fourth-order valence-electron chi connectivity index (χ4n) is 4.41. The number of aromatic nitrogens is 3. The lowest BCUT2D eigenvalue weighted by Gasteiger charge is -2.40. The molecule has 9 nitrogen and oxygen atoms in total. The van der Waals surface area contributed by atoms with Crippen molar-refractivity contribution in [2.24, 2.45) is 0 Å². The van der Waals surface area contributed by atoms with Crippen molar-refractivity contribution in [2.45, 2.75) is 44.3 Å². The summed E-state index contributed by atoms with van der Waals surface area (Å²) < 4.78 is 19.0. The molecular formula is C23H24ClFN6O3. The van der Waals surface area contributed by atoms with Crippen LogP contribution < -0.4 is 15.9 Å². The number of halogens is 2. The van der Waals surface area contributed by atoms with E-state index in [0.717, 1.165) is 32.2 Å². The van der Waals surface area contributed by atoms with Gasteiger partial charge in [0.25, 0.3) is 0 Å². The fraction of sp³-hybridized carbons (Fsp3) is 0.391. The molecule has 1 aromatic carbocycles. The Morgan fingerprint density at radius 3 is 2.88 bits per heavy atom. The minimum Gasteiger partial charge on any atom is -0.359 e. The van der Waals surface area contributed by atoms with Gasteiger partial charge >= 0.3 is 11.7 Å². The highest BCUT2D eigenvalue weighted by molar-refractivity contribution is 6.30. The number of hydrogen-bond acceptors (Lipinski definition) is 6. The predicted molar refractivity (Wildman–Crippen MR) is 124 cm³/mol. The number of aromatic amines is 1. The van der Waals surface area contributed by atoms with Crippen LogP contribution in [0.5, 0.6) is 0 Å². The summed E-state index contributed by atoms with van der Waals surface area (Å²) in [5.41, 5.74) is 0.560. The first kappa shape index (κ1) is 22.4. The minimum atomic E-state index is -0.460. The molecule has 1 saturated carbocycles. The van der Waals surface area contributed by atoms with E-state index in [1.165, 1.54) is 18.3 Å². The molecule has 2 aromatic heterocycles. The number of hydrogen-bond donors (Lipinski definition) is 2. The molecule has 1 atom stereocenters. The van der Waals surface area contributed by atoms with Gasteiger partial charge in [-0.2, -0.15) is 0 Å². The third-order valence-electron chi connectivity index (χ3n) is 6.10. The summed E-state index contributed by atoms with van der Waals surface area (Å²) in [4.78, 5) is 35.2. The Bertz CT molecular complexity index is 1220. The number of piperidine rings is 1.